The fraction of sp³-hybridized carbons (Fsp3) is 0.250. The minimum atomic E-state index is -4.87. The number of aromatic nitrogens is 2. The van der Waals surface area contributed by atoms with Gasteiger partial charge in [-0.05, 0) is 18.2 Å². The highest BCUT2D eigenvalue weighted by Gasteiger charge is 2.32. The summed E-state index contributed by atoms with van der Waals surface area (Å²) in [5, 5.41) is 5.57. The first kappa shape index (κ1) is 17.3. The Balaban J connectivity index is 2.01. The van der Waals surface area contributed by atoms with Gasteiger partial charge in [-0.2, -0.15) is 9.78 Å². The lowest BCUT2D eigenvalue weighted by atomic mass is 10.3. The van der Waals surface area contributed by atoms with E-state index < -0.39 is 18.4 Å². The van der Waals surface area contributed by atoms with Crippen molar-refractivity contribution in [2.24, 2.45) is 0 Å². The molecule has 126 valence electrons. The van der Waals surface area contributed by atoms with E-state index in [9.17, 15) is 26.3 Å². The van der Waals surface area contributed by atoms with Gasteiger partial charge in [0.2, 0.25) is 0 Å². The van der Waals surface area contributed by atoms with E-state index in [-0.39, 0.29) is 21.8 Å². The van der Waals surface area contributed by atoms with Crippen molar-refractivity contribution in [2.75, 3.05) is 5.32 Å². The molecule has 0 spiro atoms. The van der Waals surface area contributed by atoms with Gasteiger partial charge in [-0.25, -0.2) is 0 Å². The van der Waals surface area contributed by atoms with Gasteiger partial charge >= 0.3 is 12.7 Å². The number of nitrogens with one attached hydrogen (secondary N) is 1. The van der Waals surface area contributed by atoms with Crippen LogP contribution in [0.5, 0.6) is 5.75 Å². The van der Waals surface area contributed by atoms with E-state index in [2.05, 4.69) is 15.2 Å². The molecular formula is C12H8ClF6N3O. The molecule has 1 N–H and O–H groups in total. The molecule has 2 aromatic rings. The van der Waals surface area contributed by atoms with Crippen LogP contribution in [0.15, 0.2) is 30.6 Å². The van der Waals surface area contributed by atoms with Crippen molar-refractivity contribution < 1.29 is 31.1 Å². The lowest BCUT2D eigenvalue weighted by Gasteiger charge is -2.12. The van der Waals surface area contributed by atoms with Crippen LogP contribution in [0, 0.1) is 0 Å². The number of anilines is 1. The second-order valence-corrected chi connectivity index (χ2v) is 4.71. The van der Waals surface area contributed by atoms with Gasteiger partial charge in [-0.15, -0.1) is 26.3 Å². The van der Waals surface area contributed by atoms with Crippen LogP contribution >= 0.6 is 11.6 Å². The SMILES string of the molecule is FC(F)(F)Oc1ccc(NCc2cnn(C(F)(F)F)c2)cc1Cl. The summed E-state index contributed by atoms with van der Waals surface area (Å²) in [4.78, 5) is 0. The highest BCUT2D eigenvalue weighted by atomic mass is 35.5. The van der Waals surface area contributed by atoms with Gasteiger partial charge in [0.15, 0.2) is 0 Å². The van der Waals surface area contributed by atoms with E-state index in [1.165, 1.54) is 6.07 Å². The molecule has 11 heteroatoms. The van der Waals surface area contributed by atoms with E-state index in [0.717, 1.165) is 24.5 Å². The standard InChI is InChI=1S/C12H8ClF6N3O/c13-9-3-8(1-2-10(9)23-12(17,18)19)20-4-7-5-21-22(6-7)11(14,15)16/h1-3,5-6,20H,4H2. The van der Waals surface area contributed by atoms with Crippen molar-refractivity contribution in [3.05, 3.63) is 41.2 Å². The molecule has 1 heterocycles. The smallest absolute Gasteiger partial charge is 0.404 e. The number of nitrogens with zero attached hydrogens (tertiary/aromatic N) is 2. The maximum absolute atomic E-state index is 12.4. The zero-order valence-corrected chi connectivity index (χ0v) is 11.8. The Bertz CT molecular complexity index is 682. The fourth-order valence-corrected chi connectivity index (χ4v) is 1.83. The average Bonchev–Trinajstić information content (AvgIpc) is 2.86. The molecule has 0 unspecified atom stereocenters. The van der Waals surface area contributed by atoms with Crippen LogP contribution in [-0.4, -0.2) is 16.1 Å². The van der Waals surface area contributed by atoms with E-state index in [1.807, 2.05) is 0 Å². The van der Waals surface area contributed by atoms with Gasteiger partial charge < -0.3 is 10.1 Å². The minimum Gasteiger partial charge on any atom is -0.404 e. The summed E-state index contributed by atoms with van der Waals surface area (Å²) in [7, 11) is 0. The molecule has 4 nitrogen and oxygen atoms in total. The molecule has 0 saturated heterocycles. The van der Waals surface area contributed by atoms with Gasteiger partial charge in [0.25, 0.3) is 0 Å². The maximum Gasteiger partial charge on any atom is 0.573 e. The first-order valence-corrected chi connectivity index (χ1v) is 6.32. The molecule has 23 heavy (non-hydrogen) atoms. The Morgan fingerprint density at radius 3 is 2.39 bits per heavy atom. The summed E-state index contributed by atoms with van der Waals surface area (Å²) in [5.74, 6) is -0.574. The molecule has 0 bridgehead atoms. The van der Waals surface area contributed by atoms with E-state index in [4.69, 9.17) is 11.6 Å². The highest BCUT2D eigenvalue weighted by Crippen LogP contribution is 2.32. The third kappa shape index (κ3) is 4.95. The number of hydrogen-bond donors (Lipinski definition) is 1. The molecule has 0 aliphatic carbocycles. The van der Waals surface area contributed by atoms with Crippen molar-refractivity contribution >= 4 is 17.3 Å². The van der Waals surface area contributed by atoms with Gasteiger partial charge in [0, 0.05) is 24.0 Å². The lowest BCUT2D eigenvalue weighted by molar-refractivity contribution is -0.274. The van der Waals surface area contributed by atoms with Gasteiger partial charge in [0.1, 0.15) is 5.75 Å². The van der Waals surface area contributed by atoms with Crippen LogP contribution in [0.1, 0.15) is 5.56 Å². The Morgan fingerprint density at radius 1 is 1.17 bits per heavy atom. The third-order valence-corrected chi connectivity index (χ3v) is 2.85. The summed E-state index contributed by atoms with van der Waals surface area (Å²) in [5.41, 5.74) is 0.540. The van der Waals surface area contributed by atoms with Crippen molar-refractivity contribution in [3.63, 3.8) is 0 Å². The largest absolute Gasteiger partial charge is 0.573 e. The van der Waals surface area contributed by atoms with Crippen LogP contribution in [0.4, 0.5) is 32.0 Å². The molecule has 0 saturated carbocycles. The zero-order chi connectivity index (χ0) is 17.3. The number of alkyl halides is 6. The summed E-state index contributed by atoms with van der Waals surface area (Å²) < 4.78 is 76.9. The number of rotatable bonds is 4. The van der Waals surface area contributed by atoms with Crippen molar-refractivity contribution in [1.29, 1.82) is 0 Å². The summed E-state index contributed by atoms with van der Waals surface area (Å²) in [6.45, 7) is -0.0219. The molecule has 0 fully saturated rings. The molecule has 0 atom stereocenters. The summed E-state index contributed by atoms with van der Waals surface area (Å²) in [6, 6.07) is 3.41. The van der Waals surface area contributed by atoms with Crippen LogP contribution in [0.3, 0.4) is 0 Å². The topological polar surface area (TPSA) is 39.1 Å². The highest BCUT2D eigenvalue weighted by molar-refractivity contribution is 6.32. The molecule has 0 amide bonds. The second kappa shape index (κ2) is 6.19. The molecular weight excluding hydrogens is 352 g/mol. The number of ether oxygens (including phenoxy) is 1. The Hall–Kier alpha value is -2.10. The van der Waals surface area contributed by atoms with E-state index in [1.54, 1.807) is 0 Å². The van der Waals surface area contributed by atoms with Crippen LogP contribution in [0.2, 0.25) is 5.02 Å². The number of halogens is 7. The lowest BCUT2D eigenvalue weighted by Crippen LogP contribution is -2.17. The molecule has 0 aliphatic rings. The molecule has 0 aliphatic heterocycles. The third-order valence-electron chi connectivity index (χ3n) is 2.55. The molecule has 2 rings (SSSR count). The van der Waals surface area contributed by atoms with Gasteiger partial charge in [0.05, 0.1) is 11.2 Å². The Labute approximate surface area is 130 Å². The van der Waals surface area contributed by atoms with Crippen molar-refractivity contribution in [3.8, 4) is 5.75 Å². The Kier molecular flexibility index (Phi) is 4.64. The zero-order valence-electron chi connectivity index (χ0n) is 11.0. The fourth-order valence-electron chi connectivity index (χ4n) is 1.61. The number of benzene rings is 1. The predicted molar refractivity (Wildman–Crippen MR) is 69.0 cm³/mol. The average molecular weight is 360 g/mol. The normalized spacial score (nSPS) is 12.3. The first-order valence-electron chi connectivity index (χ1n) is 5.94. The van der Waals surface area contributed by atoms with Gasteiger partial charge in [-0.1, -0.05) is 11.6 Å². The predicted octanol–water partition coefficient (Wildman–Crippen LogP) is 4.52. The molecule has 0 radical (unpaired) electrons. The monoisotopic (exact) mass is 359 g/mol. The minimum absolute atomic E-state index is 0.0219. The van der Waals surface area contributed by atoms with Crippen molar-refractivity contribution in [1.82, 2.24) is 9.78 Å². The van der Waals surface area contributed by atoms with E-state index in [0.29, 0.717) is 5.69 Å². The second-order valence-electron chi connectivity index (χ2n) is 4.31. The maximum atomic E-state index is 12.4. The molecule has 1 aromatic heterocycles. The van der Waals surface area contributed by atoms with E-state index >= 15 is 0 Å². The molecule has 1 aromatic carbocycles. The van der Waals surface area contributed by atoms with Gasteiger partial charge in [-0.3, -0.25) is 0 Å². The quantitative estimate of drug-likeness (QED) is 0.816. The number of hydrogen-bond acceptors (Lipinski definition) is 3. The van der Waals surface area contributed by atoms with Crippen LogP contribution < -0.4 is 10.1 Å². The van der Waals surface area contributed by atoms with Crippen LogP contribution in [0.25, 0.3) is 0 Å². The van der Waals surface area contributed by atoms with Crippen LogP contribution in [-0.2, 0) is 12.8 Å². The van der Waals surface area contributed by atoms with Crippen molar-refractivity contribution in [2.45, 2.75) is 19.2 Å². The summed E-state index contributed by atoms with van der Waals surface area (Å²) in [6.07, 6.45) is -7.68. The summed E-state index contributed by atoms with van der Waals surface area (Å²) >= 11 is 5.65. The Morgan fingerprint density at radius 2 is 1.87 bits per heavy atom. The first-order chi connectivity index (χ1) is 10.5.